The zero-order valence-electron chi connectivity index (χ0n) is 11.6. The Morgan fingerprint density at radius 1 is 1.15 bits per heavy atom. The molecule has 2 N–H and O–H groups in total. The molecule has 0 saturated heterocycles. The summed E-state index contributed by atoms with van der Waals surface area (Å²) < 4.78 is 0. The second-order valence-electron chi connectivity index (χ2n) is 5.04. The lowest BCUT2D eigenvalue weighted by atomic mass is 9.89. The molecule has 3 aromatic rings. The summed E-state index contributed by atoms with van der Waals surface area (Å²) in [6, 6.07) is 15.0. The minimum atomic E-state index is 0.385. The molecular formula is C17H19N3. The molecule has 3 heteroatoms. The van der Waals surface area contributed by atoms with Gasteiger partial charge in [-0.05, 0) is 43.3 Å². The van der Waals surface area contributed by atoms with Gasteiger partial charge in [-0.3, -0.25) is 0 Å². The smallest absolute Gasteiger partial charge is 0.137 e. The Labute approximate surface area is 119 Å². The molecule has 0 unspecified atom stereocenters. The molecule has 2 heterocycles. The molecule has 3 nitrogen and oxygen atoms in total. The predicted molar refractivity (Wildman–Crippen MR) is 82.9 cm³/mol. The highest BCUT2D eigenvalue weighted by Gasteiger charge is 2.14. The minimum Gasteiger partial charge on any atom is -0.346 e. The number of rotatable bonds is 5. The van der Waals surface area contributed by atoms with E-state index < -0.39 is 0 Å². The van der Waals surface area contributed by atoms with Crippen molar-refractivity contribution in [3.05, 3.63) is 66.0 Å². The highest BCUT2D eigenvalue weighted by molar-refractivity contribution is 5.76. The Bertz CT molecular complexity index is 673. The molecule has 0 aliphatic heterocycles. The van der Waals surface area contributed by atoms with E-state index in [9.17, 15) is 0 Å². The number of fused-ring (bicyclic) bond motifs is 1. The van der Waals surface area contributed by atoms with Crippen LogP contribution in [0.2, 0.25) is 0 Å². The average Bonchev–Trinajstić information content (AvgIpc) is 2.96. The third kappa shape index (κ3) is 2.58. The van der Waals surface area contributed by atoms with Gasteiger partial charge in [0.05, 0.1) is 0 Å². The second-order valence-corrected chi connectivity index (χ2v) is 5.04. The maximum atomic E-state index is 4.52. The van der Waals surface area contributed by atoms with E-state index in [0.29, 0.717) is 5.92 Å². The largest absolute Gasteiger partial charge is 0.346 e. The summed E-state index contributed by atoms with van der Waals surface area (Å²) in [4.78, 5) is 7.66. The number of aromatic nitrogens is 2. The summed E-state index contributed by atoms with van der Waals surface area (Å²) in [5, 5.41) is 4.42. The highest BCUT2D eigenvalue weighted by Crippen LogP contribution is 2.28. The van der Waals surface area contributed by atoms with E-state index in [2.05, 4.69) is 57.7 Å². The van der Waals surface area contributed by atoms with E-state index in [1.54, 1.807) is 0 Å². The molecule has 0 radical (unpaired) electrons. The van der Waals surface area contributed by atoms with Crippen molar-refractivity contribution in [2.75, 3.05) is 13.6 Å². The van der Waals surface area contributed by atoms with Gasteiger partial charge in [0.2, 0.25) is 0 Å². The van der Waals surface area contributed by atoms with Gasteiger partial charge in [0.25, 0.3) is 0 Å². The first-order valence-electron chi connectivity index (χ1n) is 7.01. The molecular weight excluding hydrogens is 246 g/mol. The van der Waals surface area contributed by atoms with Crippen LogP contribution in [0.15, 0.2) is 54.9 Å². The highest BCUT2D eigenvalue weighted by atomic mass is 14.8. The van der Waals surface area contributed by atoms with Gasteiger partial charge in [-0.2, -0.15) is 0 Å². The van der Waals surface area contributed by atoms with Gasteiger partial charge in [-0.1, -0.05) is 30.3 Å². The van der Waals surface area contributed by atoms with E-state index in [0.717, 1.165) is 18.6 Å². The van der Waals surface area contributed by atoms with Crippen molar-refractivity contribution >= 4 is 11.0 Å². The molecule has 0 amide bonds. The van der Waals surface area contributed by atoms with E-state index in [1.165, 1.54) is 16.5 Å². The van der Waals surface area contributed by atoms with Crippen molar-refractivity contribution in [1.82, 2.24) is 15.3 Å². The van der Waals surface area contributed by atoms with Gasteiger partial charge in [0.15, 0.2) is 0 Å². The molecule has 2 aromatic heterocycles. The molecule has 0 bridgehead atoms. The fourth-order valence-electron chi connectivity index (χ4n) is 2.65. The Morgan fingerprint density at radius 3 is 2.80 bits per heavy atom. The van der Waals surface area contributed by atoms with Crippen molar-refractivity contribution in [1.29, 1.82) is 0 Å². The second kappa shape index (κ2) is 5.88. The summed E-state index contributed by atoms with van der Waals surface area (Å²) in [6.07, 6.45) is 5.00. The average molecular weight is 265 g/mol. The number of nitrogens with one attached hydrogen (secondary N) is 2. The Hall–Kier alpha value is -2.13. The van der Waals surface area contributed by atoms with Gasteiger partial charge >= 0.3 is 0 Å². The van der Waals surface area contributed by atoms with Crippen LogP contribution in [0.3, 0.4) is 0 Å². The number of hydrogen-bond acceptors (Lipinski definition) is 2. The lowest BCUT2D eigenvalue weighted by Crippen LogP contribution is -2.13. The van der Waals surface area contributed by atoms with Crippen LogP contribution in [0.25, 0.3) is 11.0 Å². The van der Waals surface area contributed by atoms with E-state index >= 15 is 0 Å². The van der Waals surface area contributed by atoms with E-state index in [1.807, 2.05) is 19.4 Å². The van der Waals surface area contributed by atoms with Crippen molar-refractivity contribution in [3.63, 3.8) is 0 Å². The zero-order chi connectivity index (χ0) is 13.8. The first-order valence-corrected chi connectivity index (χ1v) is 7.01. The predicted octanol–water partition coefficient (Wildman–Crippen LogP) is 3.30. The van der Waals surface area contributed by atoms with Crippen LogP contribution < -0.4 is 5.32 Å². The molecule has 0 fully saturated rings. The molecule has 0 spiro atoms. The summed E-state index contributed by atoms with van der Waals surface area (Å²) in [6.45, 7) is 0.991. The molecule has 1 aromatic carbocycles. The summed E-state index contributed by atoms with van der Waals surface area (Å²) in [7, 11) is 2.00. The van der Waals surface area contributed by atoms with Crippen LogP contribution in [0.1, 0.15) is 23.5 Å². The number of pyridine rings is 1. The Morgan fingerprint density at radius 2 is 2.00 bits per heavy atom. The maximum Gasteiger partial charge on any atom is 0.137 e. The summed E-state index contributed by atoms with van der Waals surface area (Å²) in [5.41, 5.74) is 3.58. The first kappa shape index (κ1) is 12.9. The number of hydrogen-bond donors (Lipinski definition) is 2. The topological polar surface area (TPSA) is 40.7 Å². The minimum absolute atomic E-state index is 0.385. The van der Waals surface area contributed by atoms with Gasteiger partial charge < -0.3 is 10.3 Å². The third-order valence-corrected chi connectivity index (χ3v) is 3.71. The van der Waals surface area contributed by atoms with Crippen molar-refractivity contribution in [3.8, 4) is 0 Å². The zero-order valence-corrected chi connectivity index (χ0v) is 11.6. The van der Waals surface area contributed by atoms with Crippen LogP contribution in [0.4, 0.5) is 0 Å². The van der Waals surface area contributed by atoms with Crippen LogP contribution in [0, 0.1) is 0 Å². The normalized spacial score (nSPS) is 12.7. The van der Waals surface area contributed by atoms with Crippen molar-refractivity contribution in [2.45, 2.75) is 12.3 Å². The summed E-state index contributed by atoms with van der Waals surface area (Å²) >= 11 is 0. The molecule has 102 valence electrons. The van der Waals surface area contributed by atoms with Gasteiger partial charge in [-0.15, -0.1) is 0 Å². The number of nitrogens with zero attached hydrogens (tertiary/aromatic N) is 1. The lowest BCUT2D eigenvalue weighted by Gasteiger charge is -2.17. The third-order valence-electron chi connectivity index (χ3n) is 3.71. The Balaban J connectivity index is 1.99. The molecule has 1 atom stereocenters. The van der Waals surface area contributed by atoms with Crippen molar-refractivity contribution < 1.29 is 0 Å². The standard InChI is InChI=1S/C17H19N3/c1-18-9-8-16(13-5-3-2-4-6-13)15-11-14-7-10-19-17(14)20-12-15/h2-7,10-12,16,18H,8-9H2,1H3,(H,19,20)/t16-/m1/s1. The lowest BCUT2D eigenvalue weighted by molar-refractivity contribution is 0.661. The van der Waals surface area contributed by atoms with Crippen LogP contribution in [0.5, 0.6) is 0 Å². The fraction of sp³-hybridized carbons (Fsp3) is 0.235. The number of benzene rings is 1. The van der Waals surface area contributed by atoms with Crippen LogP contribution in [-0.4, -0.2) is 23.6 Å². The summed E-state index contributed by atoms with van der Waals surface area (Å²) in [5.74, 6) is 0.385. The monoisotopic (exact) mass is 265 g/mol. The maximum absolute atomic E-state index is 4.52. The fourth-order valence-corrected chi connectivity index (χ4v) is 2.65. The SMILES string of the molecule is CNCC[C@H](c1ccccc1)c1cnc2[nH]ccc2c1. The first-order chi connectivity index (χ1) is 9.88. The molecule has 0 aliphatic carbocycles. The molecule has 20 heavy (non-hydrogen) atoms. The van der Waals surface area contributed by atoms with E-state index in [-0.39, 0.29) is 0 Å². The number of H-pyrrole nitrogens is 1. The van der Waals surface area contributed by atoms with Crippen molar-refractivity contribution in [2.24, 2.45) is 0 Å². The van der Waals surface area contributed by atoms with E-state index in [4.69, 9.17) is 0 Å². The molecule has 0 saturated carbocycles. The number of aromatic amines is 1. The molecule has 0 aliphatic rings. The van der Waals surface area contributed by atoms with Crippen LogP contribution in [-0.2, 0) is 0 Å². The Kier molecular flexibility index (Phi) is 3.79. The van der Waals surface area contributed by atoms with Gasteiger partial charge in [0, 0.05) is 23.7 Å². The van der Waals surface area contributed by atoms with Crippen LogP contribution >= 0.6 is 0 Å². The van der Waals surface area contributed by atoms with Gasteiger partial charge in [-0.25, -0.2) is 4.98 Å². The quantitative estimate of drug-likeness (QED) is 0.743. The van der Waals surface area contributed by atoms with Gasteiger partial charge in [0.1, 0.15) is 5.65 Å². The molecule has 3 rings (SSSR count).